The van der Waals surface area contributed by atoms with Crippen LogP contribution in [0.25, 0.3) is 0 Å². The molecular formula is C21H24Br2N2O4. The van der Waals surface area contributed by atoms with Gasteiger partial charge in [-0.3, -0.25) is 20.4 Å². The lowest BCUT2D eigenvalue weighted by atomic mass is 9.87. The maximum atomic E-state index is 11.9. The van der Waals surface area contributed by atoms with Gasteiger partial charge in [-0.25, -0.2) is 0 Å². The first-order chi connectivity index (χ1) is 13.6. The number of hydrogen-bond donors (Lipinski definition) is 2. The topological polar surface area (TPSA) is 76.7 Å². The van der Waals surface area contributed by atoms with E-state index in [4.69, 9.17) is 9.47 Å². The predicted octanol–water partition coefficient (Wildman–Crippen LogP) is 4.42. The minimum absolute atomic E-state index is 0.0136. The number of rotatable bonds is 6. The minimum atomic E-state index is -0.482. The van der Waals surface area contributed by atoms with E-state index in [2.05, 4.69) is 63.5 Å². The molecule has 2 N–H and O–H groups in total. The van der Waals surface area contributed by atoms with Crippen LogP contribution in [0.2, 0.25) is 0 Å². The highest BCUT2D eigenvalue weighted by atomic mass is 79.9. The molecule has 0 aliphatic heterocycles. The van der Waals surface area contributed by atoms with E-state index in [9.17, 15) is 9.59 Å². The Morgan fingerprint density at radius 3 is 2.07 bits per heavy atom. The number of benzene rings is 2. The van der Waals surface area contributed by atoms with Crippen molar-refractivity contribution in [1.82, 2.24) is 10.9 Å². The van der Waals surface area contributed by atoms with E-state index in [-0.39, 0.29) is 18.6 Å². The van der Waals surface area contributed by atoms with Gasteiger partial charge in [-0.15, -0.1) is 0 Å². The van der Waals surface area contributed by atoms with Gasteiger partial charge in [0.2, 0.25) is 0 Å². The van der Waals surface area contributed by atoms with Crippen molar-refractivity contribution in [2.75, 3.05) is 13.2 Å². The molecule has 29 heavy (non-hydrogen) atoms. The van der Waals surface area contributed by atoms with Crippen LogP contribution in [0, 0.1) is 6.92 Å². The average molecular weight is 528 g/mol. The van der Waals surface area contributed by atoms with Crippen LogP contribution in [0.3, 0.4) is 0 Å². The number of hydrogen-bond acceptors (Lipinski definition) is 4. The quantitative estimate of drug-likeness (QED) is 0.545. The Hall–Kier alpha value is -2.06. The first kappa shape index (κ1) is 23.2. The van der Waals surface area contributed by atoms with E-state index in [1.165, 1.54) is 0 Å². The molecule has 2 amide bonds. The molecule has 0 aliphatic rings. The van der Waals surface area contributed by atoms with Crippen LogP contribution in [0.5, 0.6) is 11.5 Å². The molecule has 6 nitrogen and oxygen atoms in total. The molecule has 0 aromatic heterocycles. The summed E-state index contributed by atoms with van der Waals surface area (Å²) in [6.45, 7) is 7.82. The van der Waals surface area contributed by atoms with Gasteiger partial charge in [0.15, 0.2) is 13.2 Å². The highest BCUT2D eigenvalue weighted by Gasteiger charge is 2.16. The van der Waals surface area contributed by atoms with Gasteiger partial charge < -0.3 is 9.47 Å². The number of aryl methyl sites for hydroxylation is 1. The third-order valence-electron chi connectivity index (χ3n) is 4.00. The molecule has 0 heterocycles. The highest BCUT2D eigenvalue weighted by Crippen LogP contribution is 2.31. The molecule has 0 saturated carbocycles. The normalized spacial score (nSPS) is 11.0. The summed E-state index contributed by atoms with van der Waals surface area (Å²) in [5.74, 6) is 0.159. The lowest BCUT2D eigenvalue weighted by molar-refractivity contribution is -0.131. The van der Waals surface area contributed by atoms with Crippen LogP contribution >= 0.6 is 31.9 Å². The van der Waals surface area contributed by atoms with Crippen LogP contribution in [0.4, 0.5) is 0 Å². The zero-order valence-electron chi connectivity index (χ0n) is 16.8. The van der Waals surface area contributed by atoms with Crippen molar-refractivity contribution in [1.29, 1.82) is 0 Å². The number of ether oxygens (including phenoxy) is 2. The lowest BCUT2D eigenvalue weighted by Crippen LogP contribution is -2.45. The van der Waals surface area contributed by atoms with Crippen molar-refractivity contribution in [2.45, 2.75) is 33.1 Å². The summed E-state index contributed by atoms with van der Waals surface area (Å²) in [4.78, 5) is 23.7. The first-order valence-electron chi connectivity index (χ1n) is 8.95. The monoisotopic (exact) mass is 526 g/mol. The smallest absolute Gasteiger partial charge is 0.276 e. The Morgan fingerprint density at radius 1 is 0.897 bits per heavy atom. The molecule has 2 rings (SSSR count). The number of amides is 2. The second-order valence-corrected chi connectivity index (χ2v) is 9.19. The van der Waals surface area contributed by atoms with Gasteiger partial charge in [0.1, 0.15) is 11.5 Å². The van der Waals surface area contributed by atoms with E-state index < -0.39 is 11.8 Å². The zero-order valence-corrected chi connectivity index (χ0v) is 19.9. The fourth-order valence-electron chi connectivity index (χ4n) is 2.30. The summed E-state index contributed by atoms with van der Waals surface area (Å²) in [6.07, 6.45) is 0. The molecule has 0 spiro atoms. The molecule has 0 unspecified atom stereocenters. The fraction of sp³-hybridized carbons (Fsp3) is 0.333. The molecule has 0 fully saturated rings. The molecule has 0 bridgehead atoms. The zero-order chi connectivity index (χ0) is 21.6. The van der Waals surface area contributed by atoms with Gasteiger partial charge in [-0.1, -0.05) is 42.8 Å². The lowest BCUT2D eigenvalue weighted by Gasteiger charge is -2.20. The molecule has 0 aliphatic carbocycles. The summed E-state index contributed by atoms with van der Waals surface area (Å²) < 4.78 is 12.6. The van der Waals surface area contributed by atoms with Crippen LogP contribution in [-0.2, 0) is 15.0 Å². The third-order valence-corrected chi connectivity index (χ3v) is 5.51. The molecule has 0 saturated heterocycles. The van der Waals surface area contributed by atoms with Gasteiger partial charge in [0, 0.05) is 4.47 Å². The van der Waals surface area contributed by atoms with Crippen LogP contribution < -0.4 is 20.3 Å². The molecule has 0 radical (unpaired) electrons. The summed E-state index contributed by atoms with van der Waals surface area (Å²) in [5, 5.41) is 0. The first-order valence-corrected chi connectivity index (χ1v) is 10.5. The largest absolute Gasteiger partial charge is 0.484 e. The molecule has 2 aromatic carbocycles. The fourth-order valence-corrected chi connectivity index (χ4v) is 3.04. The molecule has 0 atom stereocenters. The van der Waals surface area contributed by atoms with E-state index >= 15 is 0 Å². The number of nitrogens with one attached hydrogen (secondary N) is 2. The Morgan fingerprint density at radius 2 is 1.52 bits per heavy atom. The van der Waals surface area contributed by atoms with E-state index in [0.717, 1.165) is 20.1 Å². The van der Waals surface area contributed by atoms with Crippen molar-refractivity contribution in [3.8, 4) is 11.5 Å². The van der Waals surface area contributed by atoms with Crippen molar-refractivity contribution in [3.05, 3.63) is 56.5 Å². The van der Waals surface area contributed by atoms with Crippen LogP contribution in [0.1, 0.15) is 31.9 Å². The SMILES string of the molecule is Cc1cc(OCC(=O)NNC(=O)COc2ccc(C(C)(C)C)cc2Br)ccc1Br. The average Bonchev–Trinajstić information content (AvgIpc) is 2.65. The maximum absolute atomic E-state index is 11.9. The van der Waals surface area contributed by atoms with Crippen molar-refractivity contribution in [3.63, 3.8) is 0 Å². The Bertz CT molecular complexity index is 895. The third kappa shape index (κ3) is 7.36. The molecule has 2 aromatic rings. The van der Waals surface area contributed by atoms with E-state index in [1.807, 2.05) is 37.3 Å². The highest BCUT2D eigenvalue weighted by molar-refractivity contribution is 9.10. The van der Waals surface area contributed by atoms with Crippen molar-refractivity contribution >= 4 is 43.7 Å². The Kier molecular flexibility index (Phi) is 8.10. The van der Waals surface area contributed by atoms with E-state index in [0.29, 0.717) is 11.5 Å². The van der Waals surface area contributed by atoms with Crippen molar-refractivity contribution in [2.24, 2.45) is 0 Å². The van der Waals surface area contributed by atoms with Crippen LogP contribution in [0.15, 0.2) is 45.3 Å². The van der Waals surface area contributed by atoms with Gasteiger partial charge in [-0.05, 0) is 69.7 Å². The standard InChI is InChI=1S/C21H24Br2N2O4/c1-13-9-15(6-7-16(13)22)28-11-19(26)24-25-20(27)12-29-18-8-5-14(10-17(18)23)21(2,3)4/h5-10H,11-12H2,1-4H3,(H,24,26)(H,25,27). The Balaban J connectivity index is 1.75. The van der Waals surface area contributed by atoms with Gasteiger partial charge in [0.05, 0.1) is 4.47 Å². The molecule has 8 heteroatoms. The second kappa shape index (κ2) is 10.1. The molecular weight excluding hydrogens is 504 g/mol. The second-order valence-electron chi connectivity index (χ2n) is 7.48. The van der Waals surface area contributed by atoms with Crippen molar-refractivity contribution < 1.29 is 19.1 Å². The summed E-state index contributed by atoms with van der Waals surface area (Å²) >= 11 is 6.86. The molecule has 156 valence electrons. The van der Waals surface area contributed by atoms with Gasteiger partial charge in [-0.2, -0.15) is 0 Å². The predicted molar refractivity (Wildman–Crippen MR) is 119 cm³/mol. The number of halogens is 2. The van der Waals surface area contributed by atoms with Crippen LogP contribution in [-0.4, -0.2) is 25.0 Å². The number of carbonyl (C=O) groups is 2. The van der Waals surface area contributed by atoms with E-state index in [1.54, 1.807) is 6.07 Å². The summed E-state index contributed by atoms with van der Waals surface area (Å²) in [5.41, 5.74) is 6.75. The number of carbonyl (C=O) groups excluding carboxylic acids is 2. The minimum Gasteiger partial charge on any atom is -0.484 e. The summed E-state index contributed by atoms with van der Waals surface area (Å²) in [6, 6.07) is 11.1. The van der Waals surface area contributed by atoms with Gasteiger partial charge in [0.25, 0.3) is 11.8 Å². The number of hydrazine groups is 1. The maximum Gasteiger partial charge on any atom is 0.276 e. The van der Waals surface area contributed by atoms with Gasteiger partial charge >= 0.3 is 0 Å². The summed E-state index contributed by atoms with van der Waals surface area (Å²) in [7, 11) is 0. The Labute approximate surface area is 187 Å².